The van der Waals surface area contributed by atoms with Crippen LogP contribution in [0.5, 0.6) is 0 Å². The number of aromatic nitrogens is 1. The van der Waals surface area contributed by atoms with E-state index in [2.05, 4.69) is 12.2 Å². The molecule has 0 bridgehead atoms. The van der Waals surface area contributed by atoms with E-state index in [1.807, 2.05) is 65.6 Å². The molecule has 1 aromatic heterocycles. The maximum atomic E-state index is 13.5. The average Bonchev–Trinajstić information content (AvgIpc) is 2.99. The molecule has 2 heterocycles. The Morgan fingerprint density at radius 3 is 2.27 bits per heavy atom. The Hall–Kier alpha value is -3.71. The van der Waals surface area contributed by atoms with E-state index in [1.54, 1.807) is 6.20 Å². The van der Waals surface area contributed by atoms with Crippen molar-refractivity contribution in [1.82, 2.24) is 14.8 Å². The van der Waals surface area contributed by atoms with E-state index in [1.165, 1.54) is 17.1 Å². The summed E-state index contributed by atoms with van der Waals surface area (Å²) in [7, 11) is 0. The van der Waals surface area contributed by atoms with Crippen LogP contribution in [0.1, 0.15) is 80.1 Å². The number of rotatable bonds is 8. The number of amides is 2. The van der Waals surface area contributed by atoms with Crippen molar-refractivity contribution in [2.45, 2.75) is 82.4 Å². The van der Waals surface area contributed by atoms with Gasteiger partial charge in [-0.05, 0) is 42.7 Å². The molecule has 1 unspecified atom stereocenters. The minimum Gasteiger partial charge on any atom is -0.388 e. The molecule has 7 heteroatoms. The molecular weight excluding hydrogens is 514 g/mol. The van der Waals surface area contributed by atoms with Crippen LogP contribution < -0.4 is 10.9 Å². The van der Waals surface area contributed by atoms with Gasteiger partial charge >= 0.3 is 0 Å². The third-order valence-electron chi connectivity index (χ3n) is 8.76. The van der Waals surface area contributed by atoms with E-state index in [9.17, 15) is 19.5 Å². The number of aliphatic hydroxyl groups is 1. The molecule has 2 aliphatic rings. The summed E-state index contributed by atoms with van der Waals surface area (Å²) in [5.74, 6) is 0.00305. The van der Waals surface area contributed by atoms with E-state index in [0.29, 0.717) is 43.5 Å². The van der Waals surface area contributed by atoms with Crippen LogP contribution in [0, 0.1) is 0 Å². The van der Waals surface area contributed by atoms with Gasteiger partial charge in [-0.25, -0.2) is 0 Å². The minimum absolute atomic E-state index is 0.0764. The second-order valence-electron chi connectivity index (χ2n) is 11.9. The van der Waals surface area contributed by atoms with Gasteiger partial charge in [-0.3, -0.25) is 14.4 Å². The van der Waals surface area contributed by atoms with Crippen molar-refractivity contribution < 1.29 is 14.7 Å². The zero-order chi connectivity index (χ0) is 28.8. The van der Waals surface area contributed by atoms with Crippen LogP contribution in [0.15, 0.2) is 77.7 Å². The highest BCUT2D eigenvalue weighted by molar-refractivity contribution is 6.00. The molecule has 2 aromatic carbocycles. The third kappa shape index (κ3) is 7.14. The van der Waals surface area contributed by atoms with Crippen molar-refractivity contribution in [3.05, 3.63) is 94.4 Å². The Kier molecular flexibility index (Phi) is 9.03. The molecule has 1 aliphatic carbocycles. The summed E-state index contributed by atoms with van der Waals surface area (Å²) in [4.78, 5) is 41.6. The first kappa shape index (κ1) is 28.8. The molecule has 216 valence electrons. The van der Waals surface area contributed by atoms with Crippen molar-refractivity contribution >= 4 is 11.8 Å². The Bertz CT molecular complexity index is 1390. The van der Waals surface area contributed by atoms with Gasteiger partial charge < -0.3 is 19.9 Å². The highest BCUT2D eigenvalue weighted by atomic mass is 16.3. The molecule has 0 spiro atoms. The molecule has 2 N–H and O–H groups in total. The number of nitrogens with one attached hydrogen (secondary N) is 1. The Morgan fingerprint density at radius 1 is 0.976 bits per heavy atom. The van der Waals surface area contributed by atoms with E-state index in [-0.39, 0.29) is 35.9 Å². The number of nitrogens with zero attached hydrogens (tertiary/aromatic N) is 2. The molecule has 5 rings (SSSR count). The fourth-order valence-electron chi connectivity index (χ4n) is 6.18. The number of likely N-dealkylation sites (tertiary alicyclic amines) is 1. The summed E-state index contributed by atoms with van der Waals surface area (Å²) in [5, 5.41) is 14.7. The SMILES string of the molecule is CC(CC(=O)N1CCC(O)(Cn2cc(C(=O)NC3CCCCC3)c(-c3ccccc3)cc2=O)CC1)c1ccccc1. The smallest absolute Gasteiger partial charge is 0.253 e. The second-order valence-corrected chi connectivity index (χ2v) is 11.9. The van der Waals surface area contributed by atoms with Gasteiger partial charge in [0.05, 0.1) is 17.7 Å². The fourth-order valence-corrected chi connectivity index (χ4v) is 6.18. The largest absolute Gasteiger partial charge is 0.388 e. The number of piperidine rings is 1. The molecule has 7 nitrogen and oxygen atoms in total. The van der Waals surface area contributed by atoms with Crippen LogP contribution in [-0.4, -0.2) is 51.1 Å². The van der Waals surface area contributed by atoms with Gasteiger partial charge in [0, 0.05) is 43.4 Å². The number of carbonyl (C=O) groups excluding carboxylic acids is 2. The lowest BCUT2D eigenvalue weighted by molar-refractivity contribution is -0.136. The molecule has 1 aliphatic heterocycles. The van der Waals surface area contributed by atoms with Crippen LogP contribution in [-0.2, 0) is 11.3 Å². The molecule has 1 atom stereocenters. The molecule has 2 fully saturated rings. The number of hydrogen-bond acceptors (Lipinski definition) is 4. The van der Waals surface area contributed by atoms with E-state index < -0.39 is 5.60 Å². The first-order valence-corrected chi connectivity index (χ1v) is 15.0. The van der Waals surface area contributed by atoms with Gasteiger partial charge in [-0.15, -0.1) is 0 Å². The summed E-state index contributed by atoms with van der Waals surface area (Å²) in [6.07, 6.45) is 8.10. The lowest BCUT2D eigenvalue weighted by Gasteiger charge is -2.39. The van der Waals surface area contributed by atoms with Gasteiger partial charge in [-0.2, -0.15) is 0 Å². The first-order valence-electron chi connectivity index (χ1n) is 15.0. The monoisotopic (exact) mass is 555 g/mol. The van der Waals surface area contributed by atoms with Crippen molar-refractivity contribution in [2.75, 3.05) is 13.1 Å². The summed E-state index contributed by atoms with van der Waals surface area (Å²) >= 11 is 0. The van der Waals surface area contributed by atoms with Crippen molar-refractivity contribution in [1.29, 1.82) is 0 Å². The highest BCUT2D eigenvalue weighted by Crippen LogP contribution is 2.28. The Labute approximate surface area is 242 Å². The quantitative estimate of drug-likeness (QED) is 0.403. The van der Waals surface area contributed by atoms with E-state index >= 15 is 0 Å². The predicted octanol–water partition coefficient (Wildman–Crippen LogP) is 5.13. The maximum Gasteiger partial charge on any atom is 0.253 e. The fraction of sp³-hybridized carbons (Fsp3) is 0.441. The number of hydrogen-bond donors (Lipinski definition) is 2. The minimum atomic E-state index is -1.14. The summed E-state index contributed by atoms with van der Waals surface area (Å²) in [5.41, 5.74) is 1.57. The number of pyridine rings is 1. The van der Waals surface area contributed by atoms with Crippen LogP contribution in [0.2, 0.25) is 0 Å². The normalized spacial score (nSPS) is 18.0. The molecule has 41 heavy (non-hydrogen) atoms. The maximum absolute atomic E-state index is 13.5. The number of benzene rings is 2. The van der Waals surface area contributed by atoms with Crippen molar-refractivity contribution in [2.24, 2.45) is 0 Å². The van der Waals surface area contributed by atoms with Crippen LogP contribution in [0.4, 0.5) is 0 Å². The standard InChI is InChI=1S/C34H41N3O4/c1-25(26-11-5-2-6-12-26)21-31(38)36-19-17-34(41,18-20-36)24-37-23-30(33(40)35-28-15-9-4-10-16-28)29(22-32(37)39)27-13-7-3-8-14-27/h2-3,5-8,11-14,22-23,25,28,41H,4,9-10,15-21,24H2,1H3,(H,35,40). The Balaban J connectivity index is 1.30. The molecular formula is C34H41N3O4. The van der Waals surface area contributed by atoms with Gasteiger partial charge in [-0.1, -0.05) is 86.8 Å². The summed E-state index contributed by atoms with van der Waals surface area (Å²) in [6, 6.07) is 21.1. The van der Waals surface area contributed by atoms with Gasteiger partial charge in [0.1, 0.15) is 0 Å². The first-order chi connectivity index (χ1) is 19.8. The summed E-state index contributed by atoms with van der Waals surface area (Å²) < 4.78 is 1.47. The zero-order valence-corrected chi connectivity index (χ0v) is 23.9. The predicted molar refractivity (Wildman–Crippen MR) is 161 cm³/mol. The molecule has 3 aromatic rings. The second kappa shape index (κ2) is 12.9. The van der Waals surface area contributed by atoms with Crippen LogP contribution >= 0.6 is 0 Å². The average molecular weight is 556 g/mol. The van der Waals surface area contributed by atoms with E-state index in [0.717, 1.165) is 36.8 Å². The third-order valence-corrected chi connectivity index (χ3v) is 8.76. The van der Waals surface area contributed by atoms with Gasteiger partial charge in [0.15, 0.2) is 0 Å². The van der Waals surface area contributed by atoms with Crippen LogP contribution in [0.25, 0.3) is 11.1 Å². The van der Waals surface area contributed by atoms with Crippen molar-refractivity contribution in [3.8, 4) is 11.1 Å². The number of carbonyl (C=O) groups is 2. The molecule has 1 saturated heterocycles. The molecule has 1 saturated carbocycles. The van der Waals surface area contributed by atoms with Gasteiger partial charge in [0.2, 0.25) is 5.91 Å². The topological polar surface area (TPSA) is 91.6 Å². The summed E-state index contributed by atoms with van der Waals surface area (Å²) in [6.45, 7) is 3.00. The highest BCUT2D eigenvalue weighted by Gasteiger charge is 2.35. The molecule has 2 amide bonds. The van der Waals surface area contributed by atoms with Crippen LogP contribution in [0.3, 0.4) is 0 Å². The molecule has 0 radical (unpaired) electrons. The van der Waals surface area contributed by atoms with Gasteiger partial charge in [0.25, 0.3) is 11.5 Å². The van der Waals surface area contributed by atoms with E-state index in [4.69, 9.17) is 0 Å². The van der Waals surface area contributed by atoms with Crippen molar-refractivity contribution in [3.63, 3.8) is 0 Å². The zero-order valence-electron chi connectivity index (χ0n) is 23.9. The Morgan fingerprint density at radius 2 is 1.61 bits per heavy atom. The lowest BCUT2D eigenvalue weighted by Crippen LogP contribution is -2.49. The lowest BCUT2D eigenvalue weighted by atomic mass is 9.90.